The van der Waals surface area contributed by atoms with E-state index in [0.717, 1.165) is 17.5 Å². The minimum absolute atomic E-state index is 0.0603. The fourth-order valence-electron chi connectivity index (χ4n) is 4.62. The zero-order valence-electron chi connectivity index (χ0n) is 17.0. The number of likely N-dealkylation sites (tertiary alicyclic amines) is 1. The molecule has 0 aromatic heterocycles. The molecule has 3 aromatic carbocycles. The summed E-state index contributed by atoms with van der Waals surface area (Å²) in [5.41, 5.74) is 1.64. The number of sulfone groups is 1. The van der Waals surface area contributed by atoms with Crippen molar-refractivity contribution in [2.75, 3.05) is 12.3 Å². The Labute approximate surface area is 182 Å². The molecule has 2 aliphatic heterocycles. The molecule has 31 heavy (non-hydrogen) atoms. The summed E-state index contributed by atoms with van der Waals surface area (Å²) in [5.74, 6) is 0.726. The van der Waals surface area contributed by atoms with Gasteiger partial charge in [-0.05, 0) is 37.1 Å². The number of fused-ring (bicyclic) bond motifs is 2. The van der Waals surface area contributed by atoms with Gasteiger partial charge in [0.15, 0.2) is 9.84 Å². The molecule has 1 atom stereocenters. The fraction of sp³-hybridized carbons (Fsp3) is 0.240. The second-order valence-corrected chi connectivity index (χ2v) is 10.1. The predicted octanol–water partition coefficient (Wildman–Crippen LogP) is 4.39. The van der Waals surface area contributed by atoms with Gasteiger partial charge in [-0.25, -0.2) is 8.42 Å². The first-order valence-corrected chi connectivity index (χ1v) is 12.1. The highest BCUT2D eigenvalue weighted by atomic mass is 32.2. The molecule has 0 spiro atoms. The van der Waals surface area contributed by atoms with Crippen molar-refractivity contribution in [3.05, 3.63) is 90.0 Å². The Hall–Kier alpha value is -3.12. The fourth-order valence-corrected chi connectivity index (χ4v) is 6.24. The average molecular weight is 434 g/mol. The number of benzene rings is 3. The second-order valence-electron chi connectivity index (χ2n) is 8.03. The maximum atomic E-state index is 13.8. The van der Waals surface area contributed by atoms with E-state index in [-0.39, 0.29) is 17.7 Å². The van der Waals surface area contributed by atoms with E-state index in [1.54, 1.807) is 35.2 Å². The third-order valence-electron chi connectivity index (χ3n) is 6.10. The first kappa shape index (κ1) is 19.8. The van der Waals surface area contributed by atoms with Gasteiger partial charge in [-0.15, -0.1) is 0 Å². The number of carbonyl (C=O) groups is 1. The van der Waals surface area contributed by atoms with Gasteiger partial charge >= 0.3 is 0 Å². The number of carbonyl (C=O) groups excluding carboxylic acids is 1. The Bertz CT molecular complexity index is 1180. The zero-order chi connectivity index (χ0) is 21.4. The summed E-state index contributed by atoms with van der Waals surface area (Å²) < 4.78 is 32.0. The lowest BCUT2D eigenvalue weighted by atomic mass is 9.86. The van der Waals surface area contributed by atoms with Crippen LogP contribution in [0.2, 0.25) is 0 Å². The van der Waals surface area contributed by atoms with Gasteiger partial charge in [0.2, 0.25) is 5.91 Å². The standard InChI is InChI=1S/C25H23NO4S/c27-25(24-20-12-4-6-14-22(20)30-23-15-7-5-13-21(23)24)26-16-8-9-18(26)17-31(28,29)19-10-2-1-3-11-19/h1-7,10-15,18,24H,8-9,16-17H2/t18-/m0/s1. The third kappa shape index (κ3) is 3.61. The van der Waals surface area contributed by atoms with Crippen LogP contribution in [0.15, 0.2) is 83.8 Å². The van der Waals surface area contributed by atoms with E-state index in [1.165, 1.54) is 0 Å². The number of para-hydroxylation sites is 2. The first-order valence-electron chi connectivity index (χ1n) is 10.5. The molecule has 6 heteroatoms. The highest BCUT2D eigenvalue weighted by molar-refractivity contribution is 7.91. The minimum Gasteiger partial charge on any atom is -0.457 e. The molecule has 0 radical (unpaired) electrons. The van der Waals surface area contributed by atoms with Crippen LogP contribution in [0.1, 0.15) is 29.9 Å². The van der Waals surface area contributed by atoms with Gasteiger partial charge in [0.25, 0.3) is 0 Å². The largest absolute Gasteiger partial charge is 0.457 e. The smallest absolute Gasteiger partial charge is 0.235 e. The van der Waals surface area contributed by atoms with Crippen LogP contribution in [0.5, 0.6) is 11.5 Å². The molecule has 1 amide bonds. The van der Waals surface area contributed by atoms with Crippen molar-refractivity contribution in [1.82, 2.24) is 4.90 Å². The van der Waals surface area contributed by atoms with Crippen LogP contribution in [0.25, 0.3) is 0 Å². The van der Waals surface area contributed by atoms with Crippen LogP contribution in [0, 0.1) is 0 Å². The van der Waals surface area contributed by atoms with Gasteiger partial charge in [0.05, 0.1) is 16.6 Å². The average Bonchev–Trinajstić information content (AvgIpc) is 3.25. The maximum Gasteiger partial charge on any atom is 0.235 e. The number of amides is 1. The molecule has 3 aromatic rings. The van der Waals surface area contributed by atoms with Crippen molar-refractivity contribution in [2.24, 2.45) is 0 Å². The Morgan fingerprint density at radius 3 is 2.10 bits per heavy atom. The van der Waals surface area contributed by atoms with E-state index in [1.807, 2.05) is 48.5 Å². The number of rotatable bonds is 4. The molecule has 2 aliphatic rings. The SMILES string of the molecule is O=C(C1c2ccccc2Oc2ccccc21)N1CCC[C@H]1CS(=O)(=O)c1ccccc1. The van der Waals surface area contributed by atoms with E-state index in [0.29, 0.717) is 29.4 Å². The summed E-state index contributed by atoms with van der Waals surface area (Å²) in [6.07, 6.45) is 1.48. The zero-order valence-corrected chi connectivity index (χ0v) is 17.8. The lowest BCUT2D eigenvalue weighted by Crippen LogP contribution is -2.42. The molecule has 5 rings (SSSR count). The van der Waals surface area contributed by atoms with Crippen LogP contribution < -0.4 is 4.74 Å². The highest BCUT2D eigenvalue weighted by Gasteiger charge is 2.40. The molecule has 5 nitrogen and oxygen atoms in total. The number of nitrogens with zero attached hydrogens (tertiary/aromatic N) is 1. The monoisotopic (exact) mass is 433 g/mol. The summed E-state index contributed by atoms with van der Waals surface area (Å²) in [4.78, 5) is 15.9. The molecular weight excluding hydrogens is 410 g/mol. The van der Waals surface area contributed by atoms with Gasteiger partial charge in [-0.3, -0.25) is 4.79 Å². The summed E-state index contributed by atoms with van der Waals surface area (Å²) in [5, 5.41) is 0. The van der Waals surface area contributed by atoms with E-state index < -0.39 is 15.8 Å². The van der Waals surface area contributed by atoms with Gasteiger partial charge in [-0.2, -0.15) is 0 Å². The van der Waals surface area contributed by atoms with E-state index >= 15 is 0 Å². The van der Waals surface area contributed by atoms with Crippen molar-refractivity contribution in [3.63, 3.8) is 0 Å². The molecular formula is C25H23NO4S. The molecule has 2 heterocycles. The Kier molecular flexibility index (Phi) is 5.02. The molecule has 1 saturated heterocycles. The lowest BCUT2D eigenvalue weighted by Gasteiger charge is -2.33. The van der Waals surface area contributed by atoms with Crippen LogP contribution in [-0.2, 0) is 14.6 Å². The topological polar surface area (TPSA) is 63.7 Å². The van der Waals surface area contributed by atoms with E-state index in [9.17, 15) is 13.2 Å². The first-order chi connectivity index (χ1) is 15.0. The molecule has 1 fully saturated rings. The van der Waals surface area contributed by atoms with Crippen LogP contribution in [0.4, 0.5) is 0 Å². The Morgan fingerprint density at radius 1 is 0.871 bits per heavy atom. The summed E-state index contributed by atoms with van der Waals surface area (Å²) >= 11 is 0. The van der Waals surface area contributed by atoms with Crippen LogP contribution >= 0.6 is 0 Å². The molecule has 0 bridgehead atoms. The molecule has 0 aliphatic carbocycles. The Morgan fingerprint density at radius 2 is 1.45 bits per heavy atom. The van der Waals surface area contributed by atoms with Crippen molar-refractivity contribution in [3.8, 4) is 11.5 Å². The number of ether oxygens (including phenoxy) is 1. The van der Waals surface area contributed by atoms with Crippen molar-refractivity contribution in [2.45, 2.75) is 29.7 Å². The summed E-state index contributed by atoms with van der Waals surface area (Å²) in [6, 6.07) is 23.3. The second kappa shape index (κ2) is 7.85. The van der Waals surface area contributed by atoms with Gasteiger partial charge in [0, 0.05) is 23.7 Å². The lowest BCUT2D eigenvalue weighted by molar-refractivity contribution is -0.132. The van der Waals surface area contributed by atoms with E-state index in [2.05, 4.69) is 0 Å². The van der Waals surface area contributed by atoms with Crippen molar-refractivity contribution in [1.29, 1.82) is 0 Å². The normalized spacial score (nSPS) is 18.2. The number of hydrogen-bond donors (Lipinski definition) is 0. The minimum atomic E-state index is -3.48. The van der Waals surface area contributed by atoms with Crippen LogP contribution in [-0.4, -0.2) is 37.6 Å². The van der Waals surface area contributed by atoms with E-state index in [4.69, 9.17) is 4.74 Å². The van der Waals surface area contributed by atoms with Gasteiger partial charge < -0.3 is 9.64 Å². The molecule has 0 unspecified atom stereocenters. The quantitative estimate of drug-likeness (QED) is 0.612. The third-order valence-corrected chi connectivity index (χ3v) is 7.92. The summed E-state index contributed by atoms with van der Waals surface area (Å²) in [6.45, 7) is 0.565. The molecule has 0 saturated carbocycles. The van der Waals surface area contributed by atoms with Gasteiger partial charge in [0.1, 0.15) is 11.5 Å². The predicted molar refractivity (Wildman–Crippen MR) is 118 cm³/mol. The maximum absolute atomic E-state index is 13.8. The molecule has 158 valence electrons. The molecule has 0 N–H and O–H groups in total. The summed E-state index contributed by atoms with van der Waals surface area (Å²) in [7, 11) is -3.48. The van der Waals surface area contributed by atoms with Crippen molar-refractivity contribution < 1.29 is 17.9 Å². The number of hydrogen-bond acceptors (Lipinski definition) is 4. The van der Waals surface area contributed by atoms with Gasteiger partial charge in [-0.1, -0.05) is 54.6 Å². The van der Waals surface area contributed by atoms with Crippen LogP contribution in [0.3, 0.4) is 0 Å². The van der Waals surface area contributed by atoms with Crippen molar-refractivity contribution >= 4 is 15.7 Å². The highest BCUT2D eigenvalue weighted by Crippen LogP contribution is 2.45. The Balaban J connectivity index is 1.48.